The van der Waals surface area contributed by atoms with Crippen LogP contribution in [0.15, 0.2) is 76.4 Å². The van der Waals surface area contributed by atoms with Crippen molar-refractivity contribution >= 4 is 59.9 Å². The summed E-state index contributed by atoms with van der Waals surface area (Å²) in [6.07, 6.45) is 6.60. The largest absolute Gasteiger partial charge is 0.512 e. The number of thiophene rings is 1. The number of aliphatic hydroxyl groups excluding tert-OH is 1. The molecule has 3 aromatic carbocycles. The van der Waals surface area contributed by atoms with Crippen molar-refractivity contribution in [2.24, 2.45) is 10.8 Å². The Morgan fingerprint density at radius 2 is 1.55 bits per heavy atom. The van der Waals surface area contributed by atoms with Gasteiger partial charge in [-0.2, -0.15) is 0 Å². The van der Waals surface area contributed by atoms with Gasteiger partial charge in [0.05, 0.1) is 0 Å². The molecule has 6 aromatic rings. The van der Waals surface area contributed by atoms with Crippen molar-refractivity contribution in [3.8, 4) is 11.3 Å². The Labute approximate surface area is 309 Å². The van der Waals surface area contributed by atoms with Gasteiger partial charge < -0.3 is 9.52 Å². The molecule has 6 rings (SSSR count). The number of aryl methyl sites for hydroxylation is 1. The van der Waals surface area contributed by atoms with Crippen molar-refractivity contribution in [1.29, 1.82) is 0 Å². The van der Waals surface area contributed by atoms with Gasteiger partial charge in [0.1, 0.15) is 16.9 Å². The summed E-state index contributed by atoms with van der Waals surface area (Å²) in [6.45, 7) is 21.0. The summed E-state index contributed by atoms with van der Waals surface area (Å²) in [5.41, 5.74) is 5.74. The number of hydrogen-bond donors (Lipinski definition) is 1. The molecule has 6 heteroatoms. The van der Waals surface area contributed by atoms with E-state index in [0.717, 1.165) is 64.3 Å². The van der Waals surface area contributed by atoms with Crippen LogP contribution < -0.4 is 0 Å². The number of aromatic nitrogens is 1. The minimum atomic E-state index is -0.337. The molecule has 0 saturated carbocycles. The molecule has 0 unspecified atom stereocenters. The number of carbonyl (C=O) groups is 1. The number of rotatable bonds is 8. The number of hydrogen-bond acceptors (Lipinski definition) is 5. The fourth-order valence-corrected chi connectivity index (χ4v) is 7.25. The first-order valence-electron chi connectivity index (χ1n) is 17.3. The van der Waals surface area contributed by atoms with E-state index in [1.807, 2.05) is 53.8 Å². The van der Waals surface area contributed by atoms with E-state index in [0.29, 0.717) is 0 Å². The van der Waals surface area contributed by atoms with Gasteiger partial charge in [-0.05, 0) is 67.2 Å². The van der Waals surface area contributed by atoms with E-state index in [4.69, 9.17) is 9.40 Å². The summed E-state index contributed by atoms with van der Waals surface area (Å²) < 4.78 is 7.66. The molecular weight excluding hydrogens is 803 g/mol. The van der Waals surface area contributed by atoms with E-state index < -0.39 is 0 Å². The molecule has 3 aromatic heterocycles. The quantitative estimate of drug-likeness (QED) is 0.0941. The normalized spacial score (nSPS) is 12.7. The third-order valence-corrected chi connectivity index (χ3v) is 11.8. The molecule has 1 radical (unpaired) electrons. The zero-order valence-electron chi connectivity index (χ0n) is 30.6. The first kappa shape index (κ1) is 38.5. The number of nitrogens with zero attached hydrogens (tertiary/aromatic N) is 1. The SMILES string of the molecule is CCC(C)(CC)C(=O)/C=C(\O)C(C)(CC)CC.Cc1csc2ccc3c(oc4ccnc(-c5[c-]c6ccccc6c(C(C)(C)C)c5)c43)c12.[Ir]. The van der Waals surface area contributed by atoms with Gasteiger partial charge in [0, 0.05) is 69.8 Å². The van der Waals surface area contributed by atoms with E-state index in [2.05, 4.69) is 81.6 Å². The minimum Gasteiger partial charge on any atom is -0.512 e. The Balaban J connectivity index is 0.000000260. The standard InChI is InChI=1S/C28H22NOS.C15H28O2.Ir/c1-16-15-31-23-10-9-20-25-22(30-27(20)24(16)23)11-12-29-26(25)18-13-17-7-5-6-8-19(17)21(14-18)28(2,3)4;1-7-14(5,8-2)12(16)11-13(17)15(6,9-3)10-4;/h5-12,14-15H,1-4H3;11,16H,7-10H2,1-6H3;/q-1;;/b;12-11-;. The van der Waals surface area contributed by atoms with Crippen molar-refractivity contribution in [1.82, 2.24) is 4.98 Å². The second kappa shape index (κ2) is 14.9. The fraction of sp³-hybridized carbons (Fsp3) is 0.395. The molecule has 0 bridgehead atoms. The molecular formula is C43H50IrNO3S-. The van der Waals surface area contributed by atoms with Crippen LogP contribution in [0.25, 0.3) is 54.1 Å². The van der Waals surface area contributed by atoms with Crippen LogP contribution in [0, 0.1) is 23.8 Å². The van der Waals surface area contributed by atoms with Crippen molar-refractivity contribution in [3.63, 3.8) is 0 Å². The maximum atomic E-state index is 12.2. The molecule has 261 valence electrons. The van der Waals surface area contributed by atoms with Gasteiger partial charge in [-0.3, -0.25) is 9.78 Å². The zero-order chi connectivity index (χ0) is 35.0. The van der Waals surface area contributed by atoms with Crippen molar-refractivity contribution in [3.05, 3.63) is 89.1 Å². The topological polar surface area (TPSA) is 63.3 Å². The molecule has 0 spiro atoms. The molecule has 0 aliphatic rings. The number of furan rings is 1. The maximum Gasteiger partial charge on any atom is 0.164 e. The summed E-state index contributed by atoms with van der Waals surface area (Å²) in [5, 5.41) is 18.1. The Bertz CT molecular complexity index is 2140. The van der Waals surface area contributed by atoms with Crippen LogP contribution in [0.4, 0.5) is 0 Å². The molecule has 0 amide bonds. The van der Waals surface area contributed by atoms with Crippen LogP contribution in [0.3, 0.4) is 0 Å². The first-order chi connectivity index (χ1) is 22.7. The Morgan fingerprint density at radius 3 is 2.18 bits per heavy atom. The second-order valence-electron chi connectivity index (χ2n) is 14.7. The number of benzene rings is 3. The van der Waals surface area contributed by atoms with Crippen LogP contribution in [0.1, 0.15) is 99.1 Å². The summed E-state index contributed by atoms with van der Waals surface area (Å²) >= 11 is 1.76. The molecule has 3 heterocycles. The Kier molecular flexibility index (Phi) is 11.7. The van der Waals surface area contributed by atoms with E-state index in [1.165, 1.54) is 32.7 Å². The number of carbonyl (C=O) groups excluding carboxylic acids is 1. The van der Waals surface area contributed by atoms with Gasteiger partial charge in [-0.15, -0.1) is 40.5 Å². The van der Waals surface area contributed by atoms with Gasteiger partial charge in [0.15, 0.2) is 5.78 Å². The third kappa shape index (κ3) is 7.29. The molecule has 0 atom stereocenters. The molecule has 1 N–H and O–H groups in total. The summed E-state index contributed by atoms with van der Waals surface area (Å²) in [4.78, 5) is 17.0. The monoisotopic (exact) mass is 853 g/mol. The predicted molar refractivity (Wildman–Crippen MR) is 205 cm³/mol. The van der Waals surface area contributed by atoms with Crippen molar-refractivity contribution in [2.75, 3.05) is 0 Å². The molecule has 0 aliphatic carbocycles. The molecule has 0 fully saturated rings. The smallest absolute Gasteiger partial charge is 0.164 e. The van der Waals surface area contributed by atoms with Crippen LogP contribution in [-0.4, -0.2) is 15.9 Å². The van der Waals surface area contributed by atoms with Gasteiger partial charge in [0.25, 0.3) is 0 Å². The van der Waals surface area contributed by atoms with Gasteiger partial charge in [0.2, 0.25) is 0 Å². The molecule has 0 aliphatic heterocycles. The number of fused-ring (bicyclic) bond motifs is 6. The third-order valence-electron chi connectivity index (χ3n) is 10.7. The number of allylic oxidation sites excluding steroid dienone is 2. The van der Waals surface area contributed by atoms with Gasteiger partial charge in [-0.25, -0.2) is 0 Å². The Morgan fingerprint density at radius 1 is 0.898 bits per heavy atom. The fourth-order valence-electron chi connectivity index (χ4n) is 6.32. The minimum absolute atomic E-state index is 0. The van der Waals surface area contributed by atoms with Crippen molar-refractivity contribution in [2.45, 2.75) is 100 Å². The van der Waals surface area contributed by atoms with E-state index in [9.17, 15) is 9.90 Å². The van der Waals surface area contributed by atoms with Gasteiger partial charge in [-0.1, -0.05) is 91.5 Å². The van der Waals surface area contributed by atoms with E-state index in [1.54, 1.807) is 11.3 Å². The zero-order valence-corrected chi connectivity index (χ0v) is 33.8. The van der Waals surface area contributed by atoms with Crippen LogP contribution in [0.5, 0.6) is 0 Å². The maximum absolute atomic E-state index is 12.2. The van der Waals surface area contributed by atoms with Crippen LogP contribution >= 0.6 is 11.3 Å². The number of pyridine rings is 1. The average Bonchev–Trinajstić information content (AvgIpc) is 3.66. The number of ketones is 1. The average molecular weight is 853 g/mol. The number of aliphatic hydroxyl groups is 1. The van der Waals surface area contributed by atoms with E-state index in [-0.39, 0.29) is 47.9 Å². The summed E-state index contributed by atoms with van der Waals surface area (Å²) in [7, 11) is 0. The second-order valence-corrected chi connectivity index (χ2v) is 15.6. The molecule has 0 saturated heterocycles. The first-order valence-corrected chi connectivity index (χ1v) is 18.2. The predicted octanol–water partition coefficient (Wildman–Crippen LogP) is 13.1. The summed E-state index contributed by atoms with van der Waals surface area (Å²) in [6, 6.07) is 20.8. The van der Waals surface area contributed by atoms with Crippen molar-refractivity contribution < 1.29 is 34.4 Å². The molecule has 49 heavy (non-hydrogen) atoms. The molecule has 4 nitrogen and oxygen atoms in total. The Hall–Kier alpha value is -3.31. The van der Waals surface area contributed by atoms with Crippen LogP contribution in [-0.2, 0) is 30.3 Å². The van der Waals surface area contributed by atoms with E-state index >= 15 is 0 Å². The summed E-state index contributed by atoms with van der Waals surface area (Å²) in [5.74, 6) is 0.286. The van der Waals surface area contributed by atoms with Gasteiger partial charge >= 0.3 is 0 Å². The van der Waals surface area contributed by atoms with Crippen LogP contribution in [0.2, 0.25) is 0 Å².